The fourth-order valence-corrected chi connectivity index (χ4v) is 3.71. The summed E-state index contributed by atoms with van der Waals surface area (Å²) in [6.07, 6.45) is 0. The molecule has 6 heteroatoms. The zero-order valence-corrected chi connectivity index (χ0v) is 13.4. The Hall–Kier alpha value is -1.36. The Morgan fingerprint density at radius 1 is 1.14 bits per heavy atom. The number of hydrogen-bond acceptors (Lipinski definition) is 2. The first-order valence-electron chi connectivity index (χ1n) is 6.43. The van der Waals surface area contributed by atoms with Crippen molar-refractivity contribution in [2.45, 2.75) is 4.90 Å². The average Bonchev–Trinajstić information content (AvgIpc) is 2.45. The summed E-state index contributed by atoms with van der Waals surface area (Å²) in [6, 6.07) is 13.3. The third-order valence-corrected chi connectivity index (χ3v) is 4.58. The third kappa shape index (κ3) is 3.28. The van der Waals surface area contributed by atoms with E-state index in [9.17, 15) is 0 Å². The first-order valence-corrected chi connectivity index (χ1v) is 8.17. The summed E-state index contributed by atoms with van der Waals surface area (Å²) < 4.78 is 0. The number of nitrogens with zero attached hydrogens (tertiary/aromatic N) is 2. The molecule has 0 atom stereocenters. The molecule has 0 aliphatic carbocycles. The second-order valence-corrected chi connectivity index (χ2v) is 6.58. The van der Waals surface area contributed by atoms with Crippen LogP contribution in [0.15, 0.2) is 52.4 Å². The lowest BCUT2D eigenvalue weighted by Gasteiger charge is -2.29. The van der Waals surface area contributed by atoms with Gasteiger partial charge in [0.1, 0.15) is 0 Å². The van der Waals surface area contributed by atoms with Crippen molar-refractivity contribution in [1.29, 1.82) is 0 Å². The Morgan fingerprint density at radius 2 is 1.86 bits per heavy atom. The number of para-hydroxylation sites is 1. The van der Waals surface area contributed by atoms with E-state index in [0.717, 1.165) is 18.0 Å². The van der Waals surface area contributed by atoms with Crippen LogP contribution in [0.5, 0.6) is 0 Å². The molecule has 0 amide bonds. The Balaban J connectivity index is 1.95. The number of rotatable bonds is 1. The molecule has 2 aromatic rings. The molecule has 1 heterocycles. The molecule has 108 valence electrons. The molecular weight excluding hydrogens is 325 g/mol. The maximum atomic E-state index is 6.18. The van der Waals surface area contributed by atoms with Crippen molar-refractivity contribution < 1.29 is 0 Å². The fraction of sp³-hybridized carbons (Fsp3) is 0.133. The van der Waals surface area contributed by atoms with Crippen molar-refractivity contribution in [2.75, 3.05) is 17.2 Å². The van der Waals surface area contributed by atoms with Gasteiger partial charge in [0.05, 0.1) is 11.4 Å². The number of thioether (sulfide) groups is 1. The van der Waals surface area contributed by atoms with Crippen LogP contribution >= 0.6 is 35.0 Å². The molecule has 0 unspecified atom stereocenters. The number of benzene rings is 2. The standard InChI is InChI=1S/C15H13Cl2N3S/c16-10-7-11(17)9-12(8-10)19-15(18)20-5-6-21-14-4-2-1-3-13(14)20/h1-4,7-9H,5-6H2,(H2,18,19). The third-order valence-electron chi connectivity index (χ3n) is 3.10. The second-order valence-electron chi connectivity index (χ2n) is 4.57. The van der Waals surface area contributed by atoms with E-state index in [-0.39, 0.29) is 0 Å². The van der Waals surface area contributed by atoms with E-state index >= 15 is 0 Å². The number of nitrogens with two attached hydrogens (primary N) is 1. The van der Waals surface area contributed by atoms with Crippen LogP contribution in [0, 0.1) is 0 Å². The van der Waals surface area contributed by atoms with Gasteiger partial charge in [-0.25, -0.2) is 4.99 Å². The molecular formula is C15H13Cl2N3S. The molecule has 0 saturated carbocycles. The Bertz CT molecular complexity index is 683. The van der Waals surface area contributed by atoms with Crippen LogP contribution in [0.2, 0.25) is 10.0 Å². The molecule has 2 aromatic carbocycles. The van der Waals surface area contributed by atoms with Crippen molar-refractivity contribution in [2.24, 2.45) is 10.7 Å². The van der Waals surface area contributed by atoms with Gasteiger partial charge in [-0.1, -0.05) is 35.3 Å². The van der Waals surface area contributed by atoms with Crippen molar-refractivity contribution in [3.63, 3.8) is 0 Å². The predicted molar refractivity (Wildman–Crippen MR) is 92.3 cm³/mol. The molecule has 0 saturated heterocycles. The Labute approximate surface area is 137 Å². The van der Waals surface area contributed by atoms with E-state index in [2.05, 4.69) is 17.1 Å². The van der Waals surface area contributed by atoms with Gasteiger partial charge in [0, 0.05) is 27.2 Å². The zero-order valence-electron chi connectivity index (χ0n) is 11.1. The maximum absolute atomic E-state index is 6.18. The van der Waals surface area contributed by atoms with E-state index in [4.69, 9.17) is 28.9 Å². The van der Waals surface area contributed by atoms with Crippen LogP contribution in [0.25, 0.3) is 0 Å². The van der Waals surface area contributed by atoms with Gasteiger partial charge < -0.3 is 10.6 Å². The molecule has 1 aliphatic heterocycles. The largest absolute Gasteiger partial charge is 0.369 e. The highest BCUT2D eigenvalue weighted by molar-refractivity contribution is 7.99. The first kappa shape index (κ1) is 14.6. The van der Waals surface area contributed by atoms with E-state index in [0.29, 0.717) is 21.7 Å². The molecule has 1 aliphatic rings. The Kier molecular flexibility index (Phi) is 4.29. The van der Waals surface area contributed by atoms with E-state index < -0.39 is 0 Å². The summed E-state index contributed by atoms with van der Waals surface area (Å²) in [5.74, 6) is 1.42. The molecule has 0 aromatic heterocycles. The van der Waals surface area contributed by atoms with Gasteiger partial charge in [0.2, 0.25) is 5.96 Å². The minimum atomic E-state index is 0.445. The van der Waals surface area contributed by atoms with Crippen LogP contribution in [0.3, 0.4) is 0 Å². The molecule has 0 bridgehead atoms. The minimum absolute atomic E-state index is 0.445. The van der Waals surface area contributed by atoms with Crippen LogP contribution in [0.4, 0.5) is 11.4 Å². The predicted octanol–water partition coefficient (Wildman–Crippen LogP) is 4.55. The highest BCUT2D eigenvalue weighted by Gasteiger charge is 2.19. The summed E-state index contributed by atoms with van der Waals surface area (Å²) >= 11 is 13.8. The van der Waals surface area contributed by atoms with Gasteiger partial charge in [0.25, 0.3) is 0 Å². The normalized spacial score (nSPS) is 15.0. The summed E-state index contributed by atoms with van der Waals surface area (Å²) in [5.41, 5.74) is 7.92. The lowest BCUT2D eigenvalue weighted by Crippen LogP contribution is -2.40. The van der Waals surface area contributed by atoms with Crippen LogP contribution in [-0.2, 0) is 0 Å². The highest BCUT2D eigenvalue weighted by atomic mass is 35.5. The van der Waals surface area contributed by atoms with Crippen molar-refractivity contribution in [3.05, 3.63) is 52.5 Å². The topological polar surface area (TPSA) is 41.6 Å². The quantitative estimate of drug-likeness (QED) is 0.613. The lowest BCUT2D eigenvalue weighted by atomic mass is 10.3. The van der Waals surface area contributed by atoms with Crippen LogP contribution in [0.1, 0.15) is 0 Å². The monoisotopic (exact) mass is 337 g/mol. The molecule has 21 heavy (non-hydrogen) atoms. The van der Waals surface area contributed by atoms with E-state index in [1.54, 1.807) is 18.2 Å². The van der Waals surface area contributed by atoms with Crippen LogP contribution in [-0.4, -0.2) is 18.3 Å². The number of aliphatic imine (C=N–C) groups is 1. The number of fused-ring (bicyclic) bond motifs is 1. The minimum Gasteiger partial charge on any atom is -0.369 e. The van der Waals surface area contributed by atoms with Crippen LogP contribution < -0.4 is 10.6 Å². The Morgan fingerprint density at radius 3 is 2.62 bits per heavy atom. The molecule has 2 N–H and O–H groups in total. The molecule has 3 rings (SSSR count). The van der Waals surface area contributed by atoms with Crippen molar-refractivity contribution in [1.82, 2.24) is 0 Å². The van der Waals surface area contributed by atoms with Gasteiger partial charge in [-0.2, -0.15) is 0 Å². The lowest BCUT2D eigenvalue weighted by molar-refractivity contribution is 1.01. The smallest absolute Gasteiger partial charge is 0.201 e. The number of guanidine groups is 1. The van der Waals surface area contributed by atoms with Crippen molar-refractivity contribution in [3.8, 4) is 0 Å². The highest BCUT2D eigenvalue weighted by Crippen LogP contribution is 2.34. The van der Waals surface area contributed by atoms with E-state index in [1.807, 2.05) is 28.8 Å². The fourth-order valence-electron chi connectivity index (χ4n) is 2.20. The van der Waals surface area contributed by atoms with Gasteiger partial charge in [0.15, 0.2) is 0 Å². The van der Waals surface area contributed by atoms with Gasteiger partial charge >= 0.3 is 0 Å². The molecule has 0 spiro atoms. The first-order chi connectivity index (χ1) is 10.1. The summed E-state index contributed by atoms with van der Waals surface area (Å²) in [5, 5.41) is 1.09. The van der Waals surface area contributed by atoms with Gasteiger partial charge in [-0.15, -0.1) is 11.8 Å². The SMILES string of the molecule is NC(=Nc1cc(Cl)cc(Cl)c1)N1CCSc2ccccc21. The van der Waals surface area contributed by atoms with E-state index in [1.165, 1.54) is 4.90 Å². The van der Waals surface area contributed by atoms with Gasteiger partial charge in [-0.3, -0.25) is 0 Å². The van der Waals surface area contributed by atoms with Gasteiger partial charge in [-0.05, 0) is 30.3 Å². The molecule has 0 radical (unpaired) electrons. The number of halogens is 2. The number of hydrogen-bond donors (Lipinski definition) is 1. The second kappa shape index (κ2) is 6.18. The summed E-state index contributed by atoms with van der Waals surface area (Å²) in [4.78, 5) is 7.67. The average molecular weight is 338 g/mol. The maximum Gasteiger partial charge on any atom is 0.201 e. The number of anilines is 1. The zero-order chi connectivity index (χ0) is 14.8. The molecule has 3 nitrogen and oxygen atoms in total. The summed E-state index contributed by atoms with van der Waals surface area (Å²) in [6.45, 7) is 0.825. The summed E-state index contributed by atoms with van der Waals surface area (Å²) in [7, 11) is 0. The molecule has 0 fully saturated rings. The van der Waals surface area contributed by atoms with Crippen molar-refractivity contribution >= 4 is 52.3 Å².